The third-order valence-corrected chi connectivity index (χ3v) is 3.55. The van der Waals surface area contributed by atoms with Gasteiger partial charge in [-0.2, -0.15) is 9.37 Å². The van der Waals surface area contributed by atoms with Gasteiger partial charge in [0.2, 0.25) is 0 Å². The van der Waals surface area contributed by atoms with Crippen LogP contribution in [0, 0.1) is 25.3 Å². The van der Waals surface area contributed by atoms with E-state index in [1.54, 1.807) is 11.5 Å². The molecule has 1 fully saturated rings. The molecule has 0 radical (unpaired) electrons. The monoisotopic (exact) mass is 276 g/mol. The molecule has 0 amide bonds. The molecule has 104 valence electrons. The van der Waals surface area contributed by atoms with Gasteiger partial charge < -0.3 is 9.84 Å². The molecule has 1 aliphatic heterocycles. The Kier molecular flexibility index (Phi) is 2.92. The van der Waals surface area contributed by atoms with Gasteiger partial charge in [0.1, 0.15) is 11.7 Å². The van der Waals surface area contributed by atoms with Crippen molar-refractivity contribution in [1.82, 2.24) is 19.5 Å². The smallest absolute Gasteiger partial charge is 0.310 e. The first-order valence-corrected chi connectivity index (χ1v) is 6.22. The highest BCUT2D eigenvalue weighted by atomic mass is 19.1. The molecule has 0 bridgehead atoms. The summed E-state index contributed by atoms with van der Waals surface area (Å²) in [6.45, 7) is 1.41. The minimum Gasteiger partial charge on any atom is -0.392 e. The molecule has 6 nitrogen and oxygen atoms in total. The quantitative estimate of drug-likeness (QED) is 0.653. The number of hydrogen-bond acceptors (Lipinski definition) is 5. The Bertz CT molecular complexity index is 708. The lowest BCUT2D eigenvalue weighted by Gasteiger charge is -2.21. The average molecular weight is 276 g/mol. The van der Waals surface area contributed by atoms with Gasteiger partial charge in [0.25, 0.3) is 0 Å². The van der Waals surface area contributed by atoms with E-state index in [-0.39, 0.29) is 6.61 Å². The second-order valence-corrected chi connectivity index (χ2v) is 4.81. The van der Waals surface area contributed by atoms with Gasteiger partial charge in [-0.15, -0.1) is 6.42 Å². The Morgan fingerprint density at radius 2 is 2.45 bits per heavy atom. The number of nitrogens with zero attached hydrogens (tertiary/aromatic N) is 4. The zero-order valence-electron chi connectivity index (χ0n) is 10.9. The van der Waals surface area contributed by atoms with Gasteiger partial charge in [-0.3, -0.25) is 4.57 Å². The number of fused-ring (bicyclic) bond motifs is 1. The third-order valence-electron chi connectivity index (χ3n) is 3.55. The first-order chi connectivity index (χ1) is 9.58. The summed E-state index contributed by atoms with van der Waals surface area (Å²) in [6, 6.07) is 0. The molecule has 2 atom stereocenters. The molecule has 20 heavy (non-hydrogen) atoms. The van der Waals surface area contributed by atoms with Crippen LogP contribution >= 0.6 is 0 Å². The number of ether oxygens (including phenoxy) is 1. The van der Waals surface area contributed by atoms with Crippen molar-refractivity contribution in [3.8, 4) is 12.3 Å². The van der Waals surface area contributed by atoms with Crippen molar-refractivity contribution in [2.24, 2.45) is 0 Å². The molecule has 1 N–H and O–H groups in total. The van der Waals surface area contributed by atoms with E-state index in [1.165, 1.54) is 6.33 Å². The molecule has 7 heteroatoms. The van der Waals surface area contributed by atoms with Crippen LogP contribution in [0.2, 0.25) is 0 Å². The van der Waals surface area contributed by atoms with E-state index in [9.17, 15) is 9.50 Å². The van der Waals surface area contributed by atoms with Gasteiger partial charge in [0.15, 0.2) is 11.2 Å². The number of halogens is 1. The zero-order valence-corrected chi connectivity index (χ0v) is 10.9. The lowest BCUT2D eigenvalue weighted by Crippen LogP contribution is -2.31. The fourth-order valence-corrected chi connectivity index (χ4v) is 2.43. The van der Waals surface area contributed by atoms with E-state index in [1.807, 2.05) is 0 Å². The molecule has 1 aliphatic rings. The maximum absolute atomic E-state index is 13.3. The van der Waals surface area contributed by atoms with Crippen LogP contribution in [0.3, 0.4) is 0 Å². The van der Waals surface area contributed by atoms with Crippen LogP contribution in [-0.2, 0) is 4.74 Å². The van der Waals surface area contributed by atoms with E-state index in [4.69, 9.17) is 11.2 Å². The minimum atomic E-state index is -0.984. The molecular weight excluding hydrogens is 263 g/mol. The molecule has 3 rings (SSSR count). The second kappa shape index (κ2) is 4.51. The Morgan fingerprint density at radius 3 is 3.10 bits per heavy atom. The standard InChI is InChI=1S/C13H13FN4O2/c1-3-13(6-19)5-4-9(20-13)18-7-15-10-8(2)16-12(14)17-11(10)18/h1,7,9,19H,4-6H2,2H3/t9-,13+/m1/s1. The van der Waals surface area contributed by atoms with Gasteiger partial charge in [0.05, 0.1) is 18.6 Å². The summed E-state index contributed by atoms with van der Waals surface area (Å²) in [4.78, 5) is 11.6. The van der Waals surface area contributed by atoms with Gasteiger partial charge >= 0.3 is 6.08 Å². The van der Waals surface area contributed by atoms with Crippen LogP contribution in [0.1, 0.15) is 24.8 Å². The molecule has 0 aromatic carbocycles. The molecule has 0 unspecified atom stereocenters. The Labute approximate surface area is 114 Å². The van der Waals surface area contributed by atoms with E-state index in [2.05, 4.69) is 20.9 Å². The van der Waals surface area contributed by atoms with Gasteiger partial charge in [-0.1, -0.05) is 5.92 Å². The fraction of sp³-hybridized carbons (Fsp3) is 0.462. The number of aliphatic hydroxyl groups excluding tert-OH is 1. The SMILES string of the molecule is C#C[C@@]1(CO)CC[C@H](n2cnc3c(C)nc(F)nc32)O1. The molecule has 0 spiro atoms. The fourth-order valence-electron chi connectivity index (χ4n) is 2.43. The number of aliphatic hydroxyl groups is 1. The number of aryl methyl sites for hydroxylation is 1. The summed E-state index contributed by atoms with van der Waals surface area (Å²) in [5.41, 5.74) is 0.375. The first kappa shape index (κ1) is 13.0. The topological polar surface area (TPSA) is 73.1 Å². The highest BCUT2D eigenvalue weighted by Crippen LogP contribution is 2.37. The summed E-state index contributed by atoms with van der Waals surface area (Å²) >= 11 is 0. The van der Waals surface area contributed by atoms with Crippen molar-refractivity contribution in [1.29, 1.82) is 0 Å². The first-order valence-electron chi connectivity index (χ1n) is 6.22. The van der Waals surface area contributed by atoms with Crippen LogP contribution in [0.25, 0.3) is 11.2 Å². The van der Waals surface area contributed by atoms with E-state index in [0.717, 1.165) is 0 Å². The lowest BCUT2D eigenvalue weighted by atomic mass is 10.0. The number of aromatic nitrogens is 4. The van der Waals surface area contributed by atoms with Crippen molar-refractivity contribution < 1.29 is 14.2 Å². The van der Waals surface area contributed by atoms with Gasteiger partial charge in [0, 0.05) is 0 Å². The zero-order chi connectivity index (χ0) is 14.3. The molecule has 1 saturated heterocycles. The predicted octanol–water partition coefficient (Wildman–Crippen LogP) is 0.947. The van der Waals surface area contributed by atoms with Crippen molar-refractivity contribution >= 4 is 11.2 Å². The van der Waals surface area contributed by atoms with Crippen molar-refractivity contribution in [2.75, 3.05) is 6.61 Å². The lowest BCUT2D eigenvalue weighted by molar-refractivity contribution is -0.0618. The largest absolute Gasteiger partial charge is 0.392 e. The van der Waals surface area contributed by atoms with Gasteiger partial charge in [-0.05, 0) is 19.8 Å². The highest BCUT2D eigenvalue weighted by molar-refractivity contribution is 5.72. The summed E-state index contributed by atoms with van der Waals surface area (Å²) in [6.07, 6.45) is 6.84. The van der Waals surface area contributed by atoms with Gasteiger partial charge in [-0.25, -0.2) is 9.97 Å². The number of hydrogen-bond donors (Lipinski definition) is 1. The normalized spacial score (nSPS) is 26.0. The summed E-state index contributed by atoms with van der Waals surface area (Å²) in [7, 11) is 0. The van der Waals surface area contributed by atoms with E-state index < -0.39 is 17.9 Å². The number of terminal acetylenes is 1. The molecular formula is C13H13FN4O2. The van der Waals surface area contributed by atoms with E-state index >= 15 is 0 Å². The van der Waals surface area contributed by atoms with E-state index in [0.29, 0.717) is 29.7 Å². The summed E-state index contributed by atoms with van der Waals surface area (Å²) in [5, 5.41) is 9.36. The Morgan fingerprint density at radius 1 is 1.65 bits per heavy atom. The van der Waals surface area contributed by atoms with Crippen molar-refractivity contribution in [2.45, 2.75) is 31.6 Å². The average Bonchev–Trinajstić information content (AvgIpc) is 3.02. The summed E-state index contributed by atoms with van der Waals surface area (Å²) < 4.78 is 20.7. The molecule has 0 aliphatic carbocycles. The second-order valence-electron chi connectivity index (χ2n) is 4.81. The Hall–Kier alpha value is -2.04. The van der Waals surface area contributed by atoms with Crippen LogP contribution in [0.4, 0.5) is 4.39 Å². The Balaban J connectivity index is 2.03. The molecule has 2 aromatic rings. The van der Waals surface area contributed by atoms with Crippen LogP contribution in [-0.4, -0.2) is 36.8 Å². The number of rotatable bonds is 2. The van der Waals surface area contributed by atoms with Crippen LogP contribution in [0.5, 0.6) is 0 Å². The maximum Gasteiger partial charge on any atom is 0.310 e. The molecule has 0 saturated carbocycles. The third kappa shape index (κ3) is 1.85. The minimum absolute atomic E-state index is 0.255. The van der Waals surface area contributed by atoms with Crippen molar-refractivity contribution in [3.63, 3.8) is 0 Å². The maximum atomic E-state index is 13.3. The summed E-state index contributed by atoms with van der Waals surface area (Å²) in [5.74, 6) is 2.48. The highest BCUT2D eigenvalue weighted by Gasteiger charge is 2.39. The van der Waals surface area contributed by atoms with Crippen LogP contribution < -0.4 is 0 Å². The van der Waals surface area contributed by atoms with Crippen LogP contribution in [0.15, 0.2) is 6.33 Å². The number of imidazole rings is 1. The van der Waals surface area contributed by atoms with Crippen molar-refractivity contribution in [3.05, 3.63) is 18.1 Å². The molecule has 3 heterocycles. The molecule has 2 aromatic heterocycles. The predicted molar refractivity (Wildman–Crippen MR) is 68.0 cm³/mol.